The first-order valence-corrected chi connectivity index (χ1v) is 6.35. The fourth-order valence-electron chi connectivity index (χ4n) is 1.33. The zero-order valence-electron chi connectivity index (χ0n) is 10.7. The van der Waals surface area contributed by atoms with Crippen LogP contribution in [0.5, 0.6) is 0 Å². The van der Waals surface area contributed by atoms with Gasteiger partial charge in [0.1, 0.15) is 11.7 Å². The summed E-state index contributed by atoms with van der Waals surface area (Å²) in [5, 5.41) is 10.1. The lowest BCUT2D eigenvalue weighted by Crippen LogP contribution is -2.26. The number of aliphatic hydroxyl groups is 1. The molecule has 1 aromatic rings. The number of benzene rings is 1. The summed E-state index contributed by atoms with van der Waals surface area (Å²) in [5.41, 5.74) is 0.0278. The second kappa shape index (κ2) is 5.67. The lowest BCUT2D eigenvalue weighted by Gasteiger charge is -2.22. The highest BCUT2D eigenvalue weighted by atomic mass is 79.9. The molecule has 0 saturated carbocycles. The molecule has 1 unspecified atom stereocenters. The van der Waals surface area contributed by atoms with Crippen LogP contribution in [0.15, 0.2) is 40.9 Å². The van der Waals surface area contributed by atoms with E-state index in [-0.39, 0.29) is 5.57 Å². The standard InChI is InChI=1S/C14H17BrO3/c1-9(13(17)18-14(2,3)4)12(16)10-6-5-7-11(15)8-10/h5-8,12,16H,1H2,2-4H3. The molecule has 0 saturated heterocycles. The van der Waals surface area contributed by atoms with Gasteiger partial charge in [0.2, 0.25) is 0 Å². The van der Waals surface area contributed by atoms with Crippen LogP contribution in [-0.2, 0) is 9.53 Å². The molecule has 1 atom stereocenters. The van der Waals surface area contributed by atoms with E-state index in [0.717, 1.165) is 4.47 Å². The van der Waals surface area contributed by atoms with Crippen molar-refractivity contribution in [3.8, 4) is 0 Å². The number of aliphatic hydroxyl groups excluding tert-OH is 1. The summed E-state index contributed by atoms with van der Waals surface area (Å²) < 4.78 is 5.99. The fraction of sp³-hybridized carbons (Fsp3) is 0.357. The van der Waals surface area contributed by atoms with Gasteiger partial charge in [-0.1, -0.05) is 34.6 Å². The lowest BCUT2D eigenvalue weighted by atomic mass is 10.0. The number of esters is 1. The van der Waals surface area contributed by atoms with E-state index < -0.39 is 17.7 Å². The van der Waals surface area contributed by atoms with Gasteiger partial charge in [0.15, 0.2) is 0 Å². The molecule has 4 heteroatoms. The van der Waals surface area contributed by atoms with E-state index in [1.165, 1.54) is 0 Å². The van der Waals surface area contributed by atoms with Crippen LogP contribution in [0, 0.1) is 0 Å². The Morgan fingerprint density at radius 1 is 1.44 bits per heavy atom. The molecule has 0 aromatic heterocycles. The van der Waals surface area contributed by atoms with Gasteiger partial charge in [0.25, 0.3) is 0 Å². The summed E-state index contributed by atoms with van der Waals surface area (Å²) in [6.45, 7) is 8.91. The molecule has 1 aromatic carbocycles. The molecule has 1 N–H and O–H groups in total. The monoisotopic (exact) mass is 312 g/mol. The molecule has 18 heavy (non-hydrogen) atoms. The minimum absolute atomic E-state index is 0.0306. The van der Waals surface area contributed by atoms with Gasteiger partial charge in [-0.25, -0.2) is 4.79 Å². The normalized spacial score (nSPS) is 12.9. The van der Waals surface area contributed by atoms with E-state index in [1.807, 2.05) is 6.07 Å². The summed E-state index contributed by atoms with van der Waals surface area (Å²) in [4.78, 5) is 11.8. The van der Waals surface area contributed by atoms with Crippen molar-refractivity contribution in [1.82, 2.24) is 0 Å². The summed E-state index contributed by atoms with van der Waals surface area (Å²) in [7, 11) is 0. The van der Waals surface area contributed by atoms with Gasteiger partial charge in [-0.2, -0.15) is 0 Å². The molecule has 98 valence electrons. The predicted octanol–water partition coefficient (Wildman–Crippen LogP) is 3.38. The zero-order valence-corrected chi connectivity index (χ0v) is 12.3. The van der Waals surface area contributed by atoms with E-state index in [1.54, 1.807) is 39.0 Å². The summed E-state index contributed by atoms with van der Waals surface area (Å²) in [6, 6.07) is 7.09. The highest BCUT2D eigenvalue weighted by Crippen LogP contribution is 2.25. The van der Waals surface area contributed by atoms with Gasteiger partial charge in [-0.15, -0.1) is 0 Å². The Hall–Kier alpha value is -1.13. The van der Waals surface area contributed by atoms with E-state index in [9.17, 15) is 9.90 Å². The van der Waals surface area contributed by atoms with Crippen LogP contribution in [-0.4, -0.2) is 16.7 Å². The molecular formula is C14H17BrO3. The first-order valence-electron chi connectivity index (χ1n) is 5.56. The topological polar surface area (TPSA) is 46.5 Å². The van der Waals surface area contributed by atoms with Crippen LogP contribution < -0.4 is 0 Å². The van der Waals surface area contributed by atoms with Crippen LogP contribution in [0.25, 0.3) is 0 Å². The highest BCUT2D eigenvalue weighted by Gasteiger charge is 2.24. The molecule has 0 aliphatic heterocycles. The second-order valence-electron chi connectivity index (χ2n) is 4.98. The van der Waals surface area contributed by atoms with E-state index in [4.69, 9.17) is 4.74 Å². The SMILES string of the molecule is C=C(C(=O)OC(C)(C)C)C(O)c1cccc(Br)c1. The van der Waals surface area contributed by atoms with Gasteiger partial charge < -0.3 is 9.84 Å². The van der Waals surface area contributed by atoms with Crippen molar-refractivity contribution >= 4 is 21.9 Å². The van der Waals surface area contributed by atoms with Gasteiger partial charge in [0, 0.05) is 4.47 Å². The molecule has 0 amide bonds. The van der Waals surface area contributed by atoms with Gasteiger partial charge in [-0.3, -0.25) is 0 Å². The maximum Gasteiger partial charge on any atom is 0.336 e. The Morgan fingerprint density at radius 3 is 2.56 bits per heavy atom. The van der Waals surface area contributed by atoms with Crippen LogP contribution in [0.1, 0.15) is 32.4 Å². The Labute approximate surface area is 116 Å². The molecule has 0 aliphatic carbocycles. The fourth-order valence-corrected chi connectivity index (χ4v) is 1.75. The molecule has 0 aliphatic rings. The molecule has 0 heterocycles. The third-order valence-electron chi connectivity index (χ3n) is 2.16. The van der Waals surface area contributed by atoms with E-state index in [2.05, 4.69) is 22.5 Å². The minimum Gasteiger partial charge on any atom is -0.457 e. The Kier molecular flexibility index (Phi) is 4.71. The number of hydrogen-bond acceptors (Lipinski definition) is 3. The zero-order chi connectivity index (χ0) is 13.9. The van der Waals surface area contributed by atoms with Gasteiger partial charge in [-0.05, 0) is 38.5 Å². The number of carbonyl (C=O) groups is 1. The average molecular weight is 313 g/mol. The summed E-state index contributed by atoms with van der Waals surface area (Å²) >= 11 is 3.31. The Balaban J connectivity index is 2.81. The number of hydrogen-bond donors (Lipinski definition) is 1. The van der Waals surface area contributed by atoms with Gasteiger partial charge >= 0.3 is 5.97 Å². The minimum atomic E-state index is -1.06. The van der Waals surface area contributed by atoms with Crippen LogP contribution >= 0.6 is 15.9 Å². The third-order valence-corrected chi connectivity index (χ3v) is 2.65. The molecule has 0 spiro atoms. The van der Waals surface area contributed by atoms with Crippen molar-refractivity contribution < 1.29 is 14.6 Å². The summed E-state index contributed by atoms with van der Waals surface area (Å²) in [6.07, 6.45) is -1.06. The predicted molar refractivity (Wildman–Crippen MR) is 74.1 cm³/mol. The van der Waals surface area contributed by atoms with E-state index in [0.29, 0.717) is 5.56 Å². The molecule has 3 nitrogen and oxygen atoms in total. The Morgan fingerprint density at radius 2 is 2.06 bits per heavy atom. The van der Waals surface area contributed by atoms with Crippen molar-refractivity contribution in [1.29, 1.82) is 0 Å². The molecule has 0 radical (unpaired) electrons. The lowest BCUT2D eigenvalue weighted by molar-refractivity contribution is -0.151. The summed E-state index contributed by atoms with van der Waals surface area (Å²) in [5.74, 6) is -0.588. The maximum atomic E-state index is 11.8. The first kappa shape index (κ1) is 14.9. The molecule has 1 rings (SSSR count). The third kappa shape index (κ3) is 4.27. The number of ether oxygens (including phenoxy) is 1. The largest absolute Gasteiger partial charge is 0.457 e. The number of halogens is 1. The van der Waals surface area contributed by atoms with Crippen molar-refractivity contribution in [3.05, 3.63) is 46.5 Å². The number of rotatable bonds is 3. The number of carbonyl (C=O) groups excluding carboxylic acids is 1. The molecular weight excluding hydrogens is 296 g/mol. The van der Waals surface area contributed by atoms with Crippen LogP contribution in [0.4, 0.5) is 0 Å². The smallest absolute Gasteiger partial charge is 0.336 e. The first-order chi connectivity index (χ1) is 8.20. The van der Waals surface area contributed by atoms with Gasteiger partial charge in [0.05, 0.1) is 5.57 Å². The second-order valence-corrected chi connectivity index (χ2v) is 5.90. The average Bonchev–Trinajstić information content (AvgIpc) is 2.24. The van der Waals surface area contributed by atoms with Crippen molar-refractivity contribution in [2.45, 2.75) is 32.5 Å². The van der Waals surface area contributed by atoms with Crippen LogP contribution in [0.2, 0.25) is 0 Å². The molecule has 0 fully saturated rings. The molecule has 0 bridgehead atoms. The van der Waals surface area contributed by atoms with Crippen molar-refractivity contribution in [2.24, 2.45) is 0 Å². The van der Waals surface area contributed by atoms with Crippen molar-refractivity contribution in [3.63, 3.8) is 0 Å². The quantitative estimate of drug-likeness (QED) is 0.687. The maximum absolute atomic E-state index is 11.8. The highest BCUT2D eigenvalue weighted by molar-refractivity contribution is 9.10. The van der Waals surface area contributed by atoms with Crippen LogP contribution in [0.3, 0.4) is 0 Å². The Bertz CT molecular complexity index is 460. The van der Waals surface area contributed by atoms with E-state index >= 15 is 0 Å². The van der Waals surface area contributed by atoms with Crippen molar-refractivity contribution in [2.75, 3.05) is 0 Å².